The van der Waals surface area contributed by atoms with Crippen LogP contribution in [-0.2, 0) is 4.79 Å². The number of hydrogen-bond acceptors (Lipinski definition) is 3. The first-order chi connectivity index (χ1) is 10.9. The van der Waals surface area contributed by atoms with Crippen LogP contribution >= 0.6 is 0 Å². The van der Waals surface area contributed by atoms with Crippen molar-refractivity contribution in [3.63, 3.8) is 0 Å². The molecule has 122 valence electrons. The number of halogens is 1. The Kier molecular flexibility index (Phi) is 5.21. The van der Waals surface area contributed by atoms with Gasteiger partial charge in [-0.1, -0.05) is 6.07 Å². The Hall–Kier alpha value is -2.56. The number of rotatable bonds is 5. The van der Waals surface area contributed by atoms with E-state index in [1.54, 1.807) is 20.1 Å². The summed E-state index contributed by atoms with van der Waals surface area (Å²) < 4.78 is 18.5. The number of carbonyl (C=O) groups excluding carboxylic acids is 1. The summed E-state index contributed by atoms with van der Waals surface area (Å²) in [6, 6.07) is 9.46. The highest BCUT2D eigenvalue weighted by molar-refractivity contribution is 5.96. The molecule has 4 nitrogen and oxygen atoms in total. The van der Waals surface area contributed by atoms with Gasteiger partial charge >= 0.3 is 0 Å². The first-order valence-corrected chi connectivity index (χ1v) is 7.39. The second-order valence-electron chi connectivity index (χ2n) is 5.50. The minimum absolute atomic E-state index is 0.229. The van der Waals surface area contributed by atoms with Crippen LogP contribution in [0.15, 0.2) is 36.4 Å². The molecule has 0 heterocycles. The number of ether oxygens (including phenoxy) is 1. The van der Waals surface area contributed by atoms with E-state index >= 15 is 0 Å². The van der Waals surface area contributed by atoms with Crippen molar-refractivity contribution in [3.05, 3.63) is 53.3 Å². The standard InChI is InChI=1S/C18H21FN2O2/c1-11-5-6-14(19)10-16(11)21-18(22)13(3)20-15-7-8-17(23-4)12(2)9-15/h5-10,13,20H,1-4H3,(H,21,22). The van der Waals surface area contributed by atoms with Crippen LogP contribution in [0.3, 0.4) is 0 Å². The van der Waals surface area contributed by atoms with Crippen molar-refractivity contribution < 1.29 is 13.9 Å². The molecule has 0 fully saturated rings. The minimum Gasteiger partial charge on any atom is -0.496 e. The summed E-state index contributed by atoms with van der Waals surface area (Å²) in [5.74, 6) is 0.188. The number of hydrogen-bond donors (Lipinski definition) is 2. The largest absolute Gasteiger partial charge is 0.496 e. The van der Waals surface area contributed by atoms with Gasteiger partial charge in [0.1, 0.15) is 17.6 Å². The van der Waals surface area contributed by atoms with Gasteiger partial charge in [0, 0.05) is 11.4 Å². The van der Waals surface area contributed by atoms with E-state index in [0.29, 0.717) is 5.69 Å². The third kappa shape index (κ3) is 4.22. The quantitative estimate of drug-likeness (QED) is 0.880. The van der Waals surface area contributed by atoms with Gasteiger partial charge in [-0.2, -0.15) is 0 Å². The Morgan fingerprint density at radius 3 is 2.52 bits per heavy atom. The van der Waals surface area contributed by atoms with Crippen LogP contribution in [0.5, 0.6) is 5.75 Å². The van der Waals surface area contributed by atoms with Gasteiger partial charge in [-0.15, -0.1) is 0 Å². The van der Waals surface area contributed by atoms with Crippen LogP contribution in [0.2, 0.25) is 0 Å². The summed E-state index contributed by atoms with van der Waals surface area (Å²) in [6.45, 7) is 5.51. The van der Waals surface area contributed by atoms with Crippen molar-refractivity contribution in [2.75, 3.05) is 17.7 Å². The molecular formula is C18H21FN2O2. The van der Waals surface area contributed by atoms with E-state index in [0.717, 1.165) is 22.6 Å². The molecular weight excluding hydrogens is 295 g/mol. The highest BCUT2D eigenvalue weighted by Gasteiger charge is 2.14. The van der Waals surface area contributed by atoms with Crippen molar-refractivity contribution in [3.8, 4) is 5.75 Å². The molecule has 0 aliphatic heterocycles. The van der Waals surface area contributed by atoms with Crippen LogP contribution < -0.4 is 15.4 Å². The van der Waals surface area contributed by atoms with Crippen LogP contribution in [-0.4, -0.2) is 19.1 Å². The van der Waals surface area contributed by atoms with E-state index in [-0.39, 0.29) is 11.7 Å². The van der Waals surface area contributed by atoms with Gasteiger partial charge in [-0.3, -0.25) is 4.79 Å². The second-order valence-corrected chi connectivity index (χ2v) is 5.50. The number of aryl methyl sites for hydroxylation is 2. The van der Waals surface area contributed by atoms with Crippen LogP contribution in [0.1, 0.15) is 18.1 Å². The maximum Gasteiger partial charge on any atom is 0.246 e. The fourth-order valence-corrected chi connectivity index (χ4v) is 2.25. The van der Waals surface area contributed by atoms with Gasteiger partial charge in [-0.05, 0) is 62.2 Å². The normalized spacial score (nSPS) is 11.7. The Morgan fingerprint density at radius 1 is 1.13 bits per heavy atom. The zero-order valence-electron chi connectivity index (χ0n) is 13.7. The lowest BCUT2D eigenvalue weighted by Crippen LogP contribution is -2.32. The number of benzene rings is 2. The van der Waals surface area contributed by atoms with E-state index in [4.69, 9.17) is 4.74 Å². The Morgan fingerprint density at radius 2 is 1.87 bits per heavy atom. The van der Waals surface area contributed by atoms with Crippen molar-refractivity contribution in [2.45, 2.75) is 26.8 Å². The monoisotopic (exact) mass is 316 g/mol. The molecule has 1 unspecified atom stereocenters. The topological polar surface area (TPSA) is 50.4 Å². The SMILES string of the molecule is COc1ccc(NC(C)C(=O)Nc2cc(F)ccc2C)cc1C. The molecule has 0 saturated carbocycles. The summed E-state index contributed by atoms with van der Waals surface area (Å²) in [5.41, 5.74) is 3.09. The average Bonchev–Trinajstić information content (AvgIpc) is 2.51. The molecule has 0 bridgehead atoms. The van der Waals surface area contributed by atoms with E-state index in [2.05, 4.69) is 10.6 Å². The molecule has 2 aromatic rings. The number of nitrogens with one attached hydrogen (secondary N) is 2. The zero-order valence-corrected chi connectivity index (χ0v) is 13.7. The third-order valence-corrected chi connectivity index (χ3v) is 3.63. The van der Waals surface area contributed by atoms with Gasteiger partial charge in [-0.25, -0.2) is 4.39 Å². The lowest BCUT2D eigenvalue weighted by molar-refractivity contribution is -0.116. The van der Waals surface area contributed by atoms with Gasteiger partial charge in [0.25, 0.3) is 0 Å². The zero-order chi connectivity index (χ0) is 17.0. The van der Waals surface area contributed by atoms with Crippen molar-refractivity contribution >= 4 is 17.3 Å². The molecule has 0 aliphatic rings. The summed E-state index contributed by atoms with van der Waals surface area (Å²) in [4.78, 5) is 12.3. The highest BCUT2D eigenvalue weighted by atomic mass is 19.1. The minimum atomic E-state index is -0.467. The van der Waals surface area contributed by atoms with E-state index in [1.807, 2.05) is 32.0 Å². The molecule has 0 aliphatic carbocycles. The Labute approximate surface area is 135 Å². The fraction of sp³-hybridized carbons (Fsp3) is 0.278. The Balaban J connectivity index is 2.05. The van der Waals surface area contributed by atoms with Crippen LogP contribution in [0.4, 0.5) is 15.8 Å². The first-order valence-electron chi connectivity index (χ1n) is 7.39. The van der Waals surface area contributed by atoms with Crippen molar-refractivity contribution in [1.29, 1.82) is 0 Å². The average molecular weight is 316 g/mol. The van der Waals surface area contributed by atoms with E-state index in [9.17, 15) is 9.18 Å². The Bertz CT molecular complexity index is 716. The molecule has 1 atom stereocenters. The fourth-order valence-electron chi connectivity index (χ4n) is 2.25. The molecule has 0 spiro atoms. The van der Waals surface area contributed by atoms with Crippen molar-refractivity contribution in [1.82, 2.24) is 0 Å². The second kappa shape index (κ2) is 7.13. The van der Waals surface area contributed by atoms with Crippen LogP contribution in [0.25, 0.3) is 0 Å². The molecule has 2 aromatic carbocycles. The number of amides is 1. The first kappa shape index (κ1) is 16.8. The lowest BCUT2D eigenvalue weighted by Gasteiger charge is -2.17. The summed E-state index contributed by atoms with van der Waals surface area (Å²) in [7, 11) is 1.62. The molecule has 0 radical (unpaired) electrons. The predicted molar refractivity (Wildman–Crippen MR) is 90.6 cm³/mol. The summed E-state index contributed by atoms with van der Waals surface area (Å²) in [6.07, 6.45) is 0. The van der Waals surface area contributed by atoms with Gasteiger partial charge in [0.15, 0.2) is 0 Å². The van der Waals surface area contributed by atoms with Gasteiger partial charge in [0.05, 0.1) is 7.11 Å². The highest BCUT2D eigenvalue weighted by Crippen LogP contribution is 2.22. The van der Waals surface area contributed by atoms with Gasteiger partial charge < -0.3 is 15.4 Å². The number of carbonyl (C=O) groups is 1. The molecule has 2 N–H and O–H groups in total. The molecule has 0 saturated heterocycles. The predicted octanol–water partition coefficient (Wildman–Crippen LogP) is 3.89. The molecule has 5 heteroatoms. The molecule has 1 amide bonds. The van der Waals surface area contributed by atoms with Crippen molar-refractivity contribution in [2.24, 2.45) is 0 Å². The maximum absolute atomic E-state index is 13.3. The van der Waals surface area contributed by atoms with Gasteiger partial charge in [0.2, 0.25) is 5.91 Å². The molecule has 23 heavy (non-hydrogen) atoms. The summed E-state index contributed by atoms with van der Waals surface area (Å²) >= 11 is 0. The van der Waals surface area contributed by atoms with E-state index in [1.165, 1.54) is 12.1 Å². The maximum atomic E-state index is 13.3. The molecule has 2 rings (SSSR count). The molecule has 0 aromatic heterocycles. The van der Waals surface area contributed by atoms with Crippen LogP contribution in [0, 0.1) is 19.7 Å². The van der Waals surface area contributed by atoms with E-state index < -0.39 is 6.04 Å². The summed E-state index contributed by atoms with van der Waals surface area (Å²) in [5, 5.41) is 5.87. The lowest BCUT2D eigenvalue weighted by atomic mass is 10.1. The number of methoxy groups -OCH3 is 1. The third-order valence-electron chi connectivity index (χ3n) is 3.63. The number of anilines is 2. The smallest absolute Gasteiger partial charge is 0.246 e.